The number of rotatable bonds is 5. The first-order chi connectivity index (χ1) is 9.96. The Labute approximate surface area is 125 Å². The molecule has 0 saturated heterocycles. The van der Waals surface area contributed by atoms with Crippen molar-refractivity contribution in [2.24, 2.45) is 5.92 Å². The standard InChI is InChI=1S/C17H25F2NO/c1-4-20-16(13-7-9-17(18,19)10-8-13)15-6-5-14(21-3)11-12(15)2/h5-6,11,13,16,20H,4,7-10H2,1-3H3. The molecule has 0 heterocycles. The molecule has 0 bridgehead atoms. The van der Waals surface area contributed by atoms with E-state index in [-0.39, 0.29) is 24.8 Å². The maximum Gasteiger partial charge on any atom is 0.248 e. The quantitative estimate of drug-likeness (QED) is 0.865. The summed E-state index contributed by atoms with van der Waals surface area (Å²) in [5.74, 6) is -1.36. The van der Waals surface area contributed by atoms with Crippen molar-refractivity contribution in [3.05, 3.63) is 29.3 Å². The van der Waals surface area contributed by atoms with Gasteiger partial charge in [0, 0.05) is 18.9 Å². The molecule has 0 aromatic heterocycles. The minimum Gasteiger partial charge on any atom is -0.497 e. The summed E-state index contributed by atoms with van der Waals surface area (Å²) < 4.78 is 32.0. The second-order valence-corrected chi connectivity index (χ2v) is 5.95. The summed E-state index contributed by atoms with van der Waals surface area (Å²) in [6, 6.07) is 6.17. The van der Waals surface area contributed by atoms with E-state index in [4.69, 9.17) is 4.74 Å². The topological polar surface area (TPSA) is 21.3 Å². The summed E-state index contributed by atoms with van der Waals surface area (Å²) in [4.78, 5) is 0. The van der Waals surface area contributed by atoms with Gasteiger partial charge in [-0.15, -0.1) is 0 Å². The molecule has 1 aromatic carbocycles. The second kappa shape index (κ2) is 6.73. The maximum atomic E-state index is 13.4. The van der Waals surface area contributed by atoms with Crippen molar-refractivity contribution in [3.63, 3.8) is 0 Å². The second-order valence-electron chi connectivity index (χ2n) is 5.95. The molecule has 21 heavy (non-hydrogen) atoms. The van der Waals surface area contributed by atoms with Crippen LogP contribution < -0.4 is 10.1 Å². The Morgan fingerprint density at radius 3 is 2.52 bits per heavy atom. The third-order valence-electron chi connectivity index (χ3n) is 4.47. The van der Waals surface area contributed by atoms with Crippen LogP contribution in [0.5, 0.6) is 5.75 Å². The fourth-order valence-corrected chi connectivity index (χ4v) is 3.27. The third-order valence-corrected chi connectivity index (χ3v) is 4.47. The molecule has 0 radical (unpaired) electrons. The highest BCUT2D eigenvalue weighted by molar-refractivity contribution is 5.37. The number of benzene rings is 1. The van der Waals surface area contributed by atoms with Crippen LogP contribution >= 0.6 is 0 Å². The van der Waals surface area contributed by atoms with Crippen LogP contribution in [0.2, 0.25) is 0 Å². The average Bonchev–Trinajstić information content (AvgIpc) is 2.45. The molecule has 0 amide bonds. The van der Waals surface area contributed by atoms with Gasteiger partial charge in [0.15, 0.2) is 0 Å². The zero-order valence-corrected chi connectivity index (χ0v) is 13.1. The molecule has 1 aliphatic carbocycles. The average molecular weight is 297 g/mol. The van der Waals surface area contributed by atoms with Gasteiger partial charge in [0.05, 0.1) is 7.11 Å². The number of hydrogen-bond acceptors (Lipinski definition) is 2. The van der Waals surface area contributed by atoms with Crippen LogP contribution in [0.4, 0.5) is 8.78 Å². The molecule has 118 valence electrons. The number of methoxy groups -OCH3 is 1. The number of alkyl halides is 2. The Balaban J connectivity index is 2.19. The van der Waals surface area contributed by atoms with Crippen molar-refractivity contribution >= 4 is 0 Å². The van der Waals surface area contributed by atoms with Crippen molar-refractivity contribution < 1.29 is 13.5 Å². The summed E-state index contributed by atoms with van der Waals surface area (Å²) in [5, 5.41) is 3.49. The molecular formula is C17H25F2NO. The number of aryl methyl sites for hydroxylation is 1. The molecule has 1 fully saturated rings. The van der Waals surface area contributed by atoms with E-state index in [1.54, 1.807) is 7.11 Å². The minimum absolute atomic E-state index is 0.00869. The Hall–Kier alpha value is -1.16. The van der Waals surface area contributed by atoms with Crippen molar-refractivity contribution in [1.29, 1.82) is 0 Å². The van der Waals surface area contributed by atoms with Crippen LogP contribution in [-0.2, 0) is 0 Å². The van der Waals surface area contributed by atoms with Crippen molar-refractivity contribution in [2.45, 2.75) is 51.5 Å². The lowest BCUT2D eigenvalue weighted by Crippen LogP contribution is -2.34. The number of halogens is 2. The fourth-order valence-electron chi connectivity index (χ4n) is 3.27. The van der Waals surface area contributed by atoms with E-state index in [0.29, 0.717) is 12.8 Å². The number of ether oxygens (including phenoxy) is 1. The number of hydrogen-bond donors (Lipinski definition) is 1. The molecule has 0 spiro atoms. The molecule has 1 aromatic rings. The lowest BCUT2D eigenvalue weighted by Gasteiger charge is -2.35. The normalized spacial score (nSPS) is 20.2. The smallest absolute Gasteiger partial charge is 0.248 e. The van der Waals surface area contributed by atoms with Gasteiger partial charge in [-0.1, -0.05) is 13.0 Å². The SMILES string of the molecule is CCNC(c1ccc(OC)cc1C)C1CCC(F)(F)CC1. The third kappa shape index (κ3) is 3.94. The minimum atomic E-state index is -2.47. The van der Waals surface area contributed by atoms with Gasteiger partial charge >= 0.3 is 0 Å². The molecule has 1 unspecified atom stereocenters. The van der Waals surface area contributed by atoms with Crippen molar-refractivity contribution in [2.75, 3.05) is 13.7 Å². The number of nitrogens with one attached hydrogen (secondary N) is 1. The van der Waals surface area contributed by atoms with Gasteiger partial charge in [-0.25, -0.2) is 8.78 Å². The summed E-state index contributed by atoms with van der Waals surface area (Å²) in [5.41, 5.74) is 2.35. The Bertz CT molecular complexity index is 466. The van der Waals surface area contributed by atoms with E-state index in [0.717, 1.165) is 17.9 Å². The molecular weight excluding hydrogens is 272 g/mol. The van der Waals surface area contributed by atoms with Gasteiger partial charge in [-0.05, 0) is 55.5 Å². The van der Waals surface area contributed by atoms with E-state index in [1.165, 1.54) is 5.56 Å². The molecule has 1 N–H and O–H groups in total. The van der Waals surface area contributed by atoms with E-state index in [2.05, 4.69) is 25.2 Å². The first-order valence-electron chi connectivity index (χ1n) is 7.72. The summed E-state index contributed by atoms with van der Waals surface area (Å²) >= 11 is 0. The highest BCUT2D eigenvalue weighted by Gasteiger charge is 2.38. The molecule has 1 saturated carbocycles. The fraction of sp³-hybridized carbons (Fsp3) is 0.647. The summed E-state index contributed by atoms with van der Waals surface area (Å²) in [7, 11) is 1.65. The molecule has 2 nitrogen and oxygen atoms in total. The van der Waals surface area contributed by atoms with Gasteiger partial charge in [-0.2, -0.15) is 0 Å². The predicted octanol–water partition coefficient (Wildman–Crippen LogP) is 4.48. The Morgan fingerprint density at radius 1 is 1.33 bits per heavy atom. The van der Waals surface area contributed by atoms with E-state index < -0.39 is 5.92 Å². The first-order valence-corrected chi connectivity index (χ1v) is 7.72. The molecule has 1 aliphatic rings. The van der Waals surface area contributed by atoms with Crippen LogP contribution in [0.1, 0.15) is 49.8 Å². The lowest BCUT2D eigenvalue weighted by atomic mass is 9.78. The Kier molecular flexibility index (Phi) is 5.20. The van der Waals surface area contributed by atoms with E-state index >= 15 is 0 Å². The monoisotopic (exact) mass is 297 g/mol. The van der Waals surface area contributed by atoms with Gasteiger partial charge in [0.1, 0.15) is 5.75 Å². The van der Waals surface area contributed by atoms with Crippen LogP contribution in [0.25, 0.3) is 0 Å². The zero-order chi connectivity index (χ0) is 15.5. The first kappa shape index (κ1) is 16.2. The van der Waals surface area contributed by atoms with Gasteiger partial charge in [-0.3, -0.25) is 0 Å². The highest BCUT2D eigenvalue weighted by Crippen LogP contribution is 2.42. The predicted molar refractivity (Wildman–Crippen MR) is 81.1 cm³/mol. The summed E-state index contributed by atoms with van der Waals surface area (Å²) in [6.07, 6.45) is 1.18. The van der Waals surface area contributed by atoms with Gasteiger partial charge < -0.3 is 10.1 Å². The van der Waals surface area contributed by atoms with E-state index in [9.17, 15) is 8.78 Å². The van der Waals surface area contributed by atoms with Crippen LogP contribution in [-0.4, -0.2) is 19.6 Å². The highest BCUT2D eigenvalue weighted by atomic mass is 19.3. The molecule has 4 heteroatoms. The van der Waals surface area contributed by atoms with Crippen LogP contribution in [0.3, 0.4) is 0 Å². The van der Waals surface area contributed by atoms with Gasteiger partial charge in [0.2, 0.25) is 5.92 Å². The molecule has 2 rings (SSSR count). The van der Waals surface area contributed by atoms with Gasteiger partial charge in [0.25, 0.3) is 0 Å². The maximum absolute atomic E-state index is 13.4. The lowest BCUT2D eigenvalue weighted by molar-refractivity contribution is -0.0497. The van der Waals surface area contributed by atoms with Crippen LogP contribution in [0.15, 0.2) is 18.2 Å². The molecule has 1 atom stereocenters. The van der Waals surface area contributed by atoms with Crippen molar-refractivity contribution in [1.82, 2.24) is 5.32 Å². The Morgan fingerprint density at radius 2 is 2.00 bits per heavy atom. The summed E-state index contributed by atoms with van der Waals surface area (Å²) in [6.45, 7) is 4.95. The van der Waals surface area contributed by atoms with Crippen LogP contribution in [0, 0.1) is 12.8 Å². The van der Waals surface area contributed by atoms with E-state index in [1.807, 2.05) is 12.1 Å². The zero-order valence-electron chi connectivity index (χ0n) is 13.1. The molecule has 0 aliphatic heterocycles. The van der Waals surface area contributed by atoms with Crippen molar-refractivity contribution in [3.8, 4) is 5.75 Å². The largest absolute Gasteiger partial charge is 0.497 e.